The molecule has 0 fully saturated rings. The number of halogens is 1. The van der Waals surface area contributed by atoms with E-state index < -0.39 is 12.1 Å². The number of hydrogen-bond donors (Lipinski definition) is 2. The molecule has 0 bridgehead atoms. The summed E-state index contributed by atoms with van der Waals surface area (Å²) < 4.78 is 0. The first kappa shape index (κ1) is 11.9. The number of aliphatic hydroxyl groups excluding tert-OH is 1. The third kappa shape index (κ3) is 2.87. The van der Waals surface area contributed by atoms with Gasteiger partial charge in [-0.3, -0.25) is 4.79 Å². The van der Waals surface area contributed by atoms with Crippen LogP contribution in [0, 0.1) is 0 Å². The van der Waals surface area contributed by atoms with E-state index in [9.17, 15) is 14.7 Å². The van der Waals surface area contributed by atoms with Gasteiger partial charge in [0.15, 0.2) is 11.9 Å². The van der Waals surface area contributed by atoms with Gasteiger partial charge in [0.25, 0.3) is 0 Å². The molecule has 15 heavy (non-hydrogen) atoms. The number of aliphatic carboxylic acids is 1. The molecule has 5 heteroatoms. The van der Waals surface area contributed by atoms with Crippen molar-refractivity contribution in [2.75, 3.05) is 5.33 Å². The summed E-state index contributed by atoms with van der Waals surface area (Å²) in [7, 11) is 0. The van der Waals surface area contributed by atoms with Crippen molar-refractivity contribution in [1.82, 2.24) is 0 Å². The summed E-state index contributed by atoms with van der Waals surface area (Å²) in [5.41, 5.74) is 0.738. The molecule has 0 heterocycles. The standard InChI is InChI=1S/C10H9BrO4/c11-5-8(12)6-1-3-7(4-2-6)9(13)10(14)15/h1-4,9,13H,5H2,(H,14,15). The fourth-order valence-corrected chi connectivity index (χ4v) is 1.39. The smallest absolute Gasteiger partial charge is 0.337 e. The normalized spacial score (nSPS) is 12.1. The number of ketones is 1. The molecule has 1 aromatic rings. The van der Waals surface area contributed by atoms with Crippen LogP contribution in [0.5, 0.6) is 0 Å². The molecule has 0 aromatic heterocycles. The Morgan fingerprint density at radius 1 is 1.27 bits per heavy atom. The number of carbonyl (C=O) groups is 2. The van der Waals surface area contributed by atoms with Gasteiger partial charge in [-0.25, -0.2) is 4.79 Å². The highest BCUT2D eigenvalue weighted by molar-refractivity contribution is 9.09. The zero-order valence-corrected chi connectivity index (χ0v) is 9.27. The summed E-state index contributed by atoms with van der Waals surface area (Å²) >= 11 is 3.03. The van der Waals surface area contributed by atoms with Gasteiger partial charge in [0.05, 0.1) is 5.33 Å². The zero-order valence-electron chi connectivity index (χ0n) is 7.68. The van der Waals surface area contributed by atoms with Crippen LogP contribution in [0.3, 0.4) is 0 Å². The monoisotopic (exact) mass is 272 g/mol. The van der Waals surface area contributed by atoms with Gasteiger partial charge in [0.1, 0.15) is 0 Å². The number of carboxylic acids is 1. The van der Waals surface area contributed by atoms with E-state index in [2.05, 4.69) is 15.9 Å². The molecule has 1 rings (SSSR count). The molecule has 0 spiro atoms. The molecular weight excluding hydrogens is 264 g/mol. The first-order valence-electron chi connectivity index (χ1n) is 4.16. The van der Waals surface area contributed by atoms with Gasteiger partial charge < -0.3 is 10.2 Å². The third-order valence-corrected chi connectivity index (χ3v) is 2.41. The van der Waals surface area contributed by atoms with E-state index in [-0.39, 0.29) is 16.7 Å². The van der Waals surface area contributed by atoms with Crippen LogP contribution in [-0.2, 0) is 4.79 Å². The van der Waals surface area contributed by atoms with Crippen LogP contribution in [0.25, 0.3) is 0 Å². The summed E-state index contributed by atoms with van der Waals surface area (Å²) in [4.78, 5) is 21.7. The Bertz CT molecular complexity index is 372. The van der Waals surface area contributed by atoms with Gasteiger partial charge in [0.2, 0.25) is 0 Å². The van der Waals surface area contributed by atoms with Crippen LogP contribution < -0.4 is 0 Å². The predicted molar refractivity (Wildman–Crippen MR) is 57.2 cm³/mol. The number of Topliss-reactive ketones (excluding diaryl/α,β-unsaturated/α-hetero) is 1. The molecule has 0 saturated heterocycles. The van der Waals surface area contributed by atoms with E-state index in [1.54, 1.807) is 0 Å². The van der Waals surface area contributed by atoms with Crippen LogP contribution in [0.1, 0.15) is 22.0 Å². The lowest BCUT2D eigenvalue weighted by molar-refractivity contribution is -0.146. The van der Waals surface area contributed by atoms with Crippen molar-refractivity contribution in [2.45, 2.75) is 6.10 Å². The minimum absolute atomic E-state index is 0.0913. The second-order valence-corrected chi connectivity index (χ2v) is 3.48. The maximum Gasteiger partial charge on any atom is 0.337 e. The molecule has 4 nitrogen and oxygen atoms in total. The Balaban J connectivity index is 2.90. The predicted octanol–water partition coefficient (Wildman–Crippen LogP) is 1.38. The molecule has 80 valence electrons. The summed E-state index contributed by atoms with van der Waals surface area (Å²) in [6.07, 6.45) is -1.54. The zero-order chi connectivity index (χ0) is 11.4. The van der Waals surface area contributed by atoms with Crippen molar-refractivity contribution in [2.24, 2.45) is 0 Å². The van der Waals surface area contributed by atoms with Gasteiger partial charge >= 0.3 is 5.97 Å². The molecule has 0 amide bonds. The second-order valence-electron chi connectivity index (χ2n) is 2.92. The number of carbonyl (C=O) groups excluding carboxylic acids is 1. The van der Waals surface area contributed by atoms with E-state index in [0.29, 0.717) is 5.56 Å². The molecule has 1 aromatic carbocycles. The lowest BCUT2D eigenvalue weighted by atomic mass is 10.1. The highest BCUT2D eigenvalue weighted by atomic mass is 79.9. The van der Waals surface area contributed by atoms with Crippen molar-refractivity contribution in [1.29, 1.82) is 0 Å². The van der Waals surface area contributed by atoms with E-state index >= 15 is 0 Å². The van der Waals surface area contributed by atoms with Gasteiger partial charge in [0, 0.05) is 5.56 Å². The van der Waals surface area contributed by atoms with Gasteiger partial charge in [-0.05, 0) is 5.56 Å². The first-order valence-corrected chi connectivity index (χ1v) is 5.28. The minimum Gasteiger partial charge on any atom is -0.479 e. The van der Waals surface area contributed by atoms with Crippen molar-refractivity contribution in [3.63, 3.8) is 0 Å². The lowest BCUT2D eigenvalue weighted by Gasteiger charge is -2.05. The Kier molecular flexibility index (Phi) is 3.99. The summed E-state index contributed by atoms with van der Waals surface area (Å²) in [5.74, 6) is -1.40. The Hall–Kier alpha value is -1.20. The molecular formula is C10H9BrO4. The van der Waals surface area contributed by atoms with E-state index in [4.69, 9.17) is 5.11 Å². The van der Waals surface area contributed by atoms with Crippen LogP contribution >= 0.6 is 15.9 Å². The van der Waals surface area contributed by atoms with E-state index in [0.717, 1.165) is 0 Å². The van der Waals surface area contributed by atoms with Crippen LogP contribution in [0.4, 0.5) is 0 Å². The quantitative estimate of drug-likeness (QED) is 0.642. The minimum atomic E-state index is -1.54. The maximum atomic E-state index is 11.2. The fourth-order valence-electron chi connectivity index (χ4n) is 1.07. The van der Waals surface area contributed by atoms with Crippen molar-refractivity contribution in [3.8, 4) is 0 Å². The molecule has 0 saturated carbocycles. The Morgan fingerprint density at radius 2 is 1.80 bits per heavy atom. The molecule has 0 aliphatic heterocycles. The van der Waals surface area contributed by atoms with E-state index in [1.807, 2.05) is 0 Å². The van der Waals surface area contributed by atoms with Gasteiger partial charge in [-0.1, -0.05) is 40.2 Å². The maximum absolute atomic E-state index is 11.2. The SMILES string of the molecule is O=C(CBr)c1ccc(C(O)C(=O)O)cc1. The molecule has 2 N–H and O–H groups in total. The topological polar surface area (TPSA) is 74.6 Å². The second kappa shape index (κ2) is 5.04. The number of alkyl halides is 1. The number of aliphatic hydroxyl groups is 1. The number of benzene rings is 1. The number of hydrogen-bond acceptors (Lipinski definition) is 3. The molecule has 1 unspecified atom stereocenters. The molecule has 0 aliphatic carbocycles. The van der Waals surface area contributed by atoms with Crippen LogP contribution in [-0.4, -0.2) is 27.3 Å². The number of carboxylic acid groups (broad SMARTS) is 1. The van der Waals surface area contributed by atoms with Crippen molar-refractivity contribution >= 4 is 27.7 Å². The molecule has 1 atom stereocenters. The van der Waals surface area contributed by atoms with Gasteiger partial charge in [-0.15, -0.1) is 0 Å². The third-order valence-electron chi connectivity index (χ3n) is 1.90. The molecule has 0 aliphatic rings. The Morgan fingerprint density at radius 3 is 2.20 bits per heavy atom. The Labute approximate surface area is 94.7 Å². The average Bonchev–Trinajstić information content (AvgIpc) is 2.27. The lowest BCUT2D eigenvalue weighted by Crippen LogP contribution is -2.10. The summed E-state index contributed by atoms with van der Waals surface area (Å²) in [6, 6.07) is 5.83. The van der Waals surface area contributed by atoms with Crippen molar-refractivity contribution < 1.29 is 19.8 Å². The highest BCUT2D eigenvalue weighted by Crippen LogP contribution is 2.14. The summed E-state index contributed by atoms with van der Waals surface area (Å²) in [5, 5.41) is 17.9. The first-order chi connectivity index (χ1) is 7.06. The fraction of sp³-hybridized carbons (Fsp3) is 0.200. The summed E-state index contributed by atoms with van der Waals surface area (Å²) in [6.45, 7) is 0. The average molecular weight is 273 g/mol. The largest absolute Gasteiger partial charge is 0.479 e. The molecule has 0 radical (unpaired) electrons. The van der Waals surface area contributed by atoms with Crippen LogP contribution in [0.2, 0.25) is 0 Å². The van der Waals surface area contributed by atoms with Crippen molar-refractivity contribution in [3.05, 3.63) is 35.4 Å². The van der Waals surface area contributed by atoms with E-state index in [1.165, 1.54) is 24.3 Å². The highest BCUT2D eigenvalue weighted by Gasteiger charge is 2.15. The van der Waals surface area contributed by atoms with Crippen LogP contribution in [0.15, 0.2) is 24.3 Å². The van der Waals surface area contributed by atoms with Gasteiger partial charge in [-0.2, -0.15) is 0 Å². The number of rotatable bonds is 4.